The number of benzene rings is 1. The van der Waals surface area contributed by atoms with Crippen LogP contribution in [0.1, 0.15) is 54.4 Å². The van der Waals surface area contributed by atoms with E-state index in [9.17, 15) is 19.5 Å². The second-order valence-electron chi connectivity index (χ2n) is 12.7. The third-order valence-corrected chi connectivity index (χ3v) is 9.60. The van der Waals surface area contributed by atoms with Crippen molar-refractivity contribution in [3.05, 3.63) is 54.6 Å². The first-order valence-electron chi connectivity index (χ1n) is 14.6. The Kier molecular flexibility index (Phi) is 7.24. The Morgan fingerprint density at radius 2 is 1.65 bits per heavy atom. The molecule has 0 bridgehead atoms. The molecular weight excluding hydrogens is 506 g/mol. The first-order valence-corrected chi connectivity index (χ1v) is 14.6. The van der Waals surface area contributed by atoms with Crippen LogP contribution in [0.4, 0.5) is 5.69 Å². The Labute approximate surface area is 237 Å². The lowest BCUT2D eigenvalue weighted by atomic mass is 9.73. The highest BCUT2D eigenvalue weighted by molar-refractivity contribution is 6.04. The Morgan fingerprint density at radius 3 is 2.25 bits per heavy atom. The van der Waals surface area contributed by atoms with Crippen molar-refractivity contribution in [1.29, 1.82) is 0 Å². The molecule has 2 fully saturated rings. The van der Waals surface area contributed by atoms with Gasteiger partial charge in [0.15, 0.2) is 0 Å². The molecule has 7 atom stereocenters. The molecule has 8 nitrogen and oxygen atoms in total. The van der Waals surface area contributed by atoms with E-state index in [1.54, 1.807) is 14.7 Å². The van der Waals surface area contributed by atoms with Crippen molar-refractivity contribution in [3.63, 3.8) is 0 Å². The molecule has 1 aromatic carbocycles. The zero-order chi connectivity index (χ0) is 29.0. The molecule has 1 N–H and O–H groups in total. The minimum atomic E-state index is -1.34. The van der Waals surface area contributed by atoms with E-state index in [0.29, 0.717) is 19.5 Å². The van der Waals surface area contributed by atoms with Gasteiger partial charge in [0.25, 0.3) is 0 Å². The van der Waals surface area contributed by atoms with Gasteiger partial charge in [-0.1, -0.05) is 69.7 Å². The molecular formula is C32H43N3O5. The number of aliphatic hydroxyl groups excluding tert-OH is 1. The number of carbonyl (C=O) groups is 3. The van der Waals surface area contributed by atoms with Crippen LogP contribution < -0.4 is 4.90 Å². The van der Waals surface area contributed by atoms with Gasteiger partial charge in [-0.25, -0.2) is 0 Å². The van der Waals surface area contributed by atoms with Gasteiger partial charge in [0.05, 0.1) is 30.1 Å². The number of para-hydroxylation sites is 1. The smallest absolute Gasteiger partial charge is 0.249 e. The number of hydrogen-bond donors (Lipinski definition) is 1. The highest BCUT2D eigenvalue weighted by atomic mass is 16.5. The van der Waals surface area contributed by atoms with Gasteiger partial charge in [-0.2, -0.15) is 0 Å². The highest BCUT2D eigenvalue weighted by Crippen LogP contribution is 2.59. The molecule has 40 heavy (non-hydrogen) atoms. The average Bonchev–Trinajstić information content (AvgIpc) is 3.21. The fraction of sp³-hybridized carbons (Fsp3) is 0.594. The van der Waals surface area contributed by atoms with Crippen LogP contribution in [-0.4, -0.2) is 81.1 Å². The van der Waals surface area contributed by atoms with Gasteiger partial charge in [0, 0.05) is 24.3 Å². The largest absolute Gasteiger partial charge is 0.394 e. The maximum atomic E-state index is 14.7. The molecule has 4 aliphatic heterocycles. The number of fused-ring (bicyclic) bond motifs is 2. The average molecular weight is 550 g/mol. The number of hydrogen-bond acceptors (Lipinski definition) is 5. The second-order valence-corrected chi connectivity index (χ2v) is 12.7. The molecule has 0 radical (unpaired) electrons. The summed E-state index contributed by atoms with van der Waals surface area (Å²) in [5.41, 5.74) is -2.13. The van der Waals surface area contributed by atoms with Crippen molar-refractivity contribution in [2.24, 2.45) is 17.8 Å². The van der Waals surface area contributed by atoms with Gasteiger partial charge in [0.2, 0.25) is 17.7 Å². The fourth-order valence-electron chi connectivity index (χ4n) is 7.31. The van der Waals surface area contributed by atoms with Crippen LogP contribution in [0.2, 0.25) is 0 Å². The highest BCUT2D eigenvalue weighted by Gasteiger charge is 2.76. The predicted molar refractivity (Wildman–Crippen MR) is 153 cm³/mol. The van der Waals surface area contributed by atoms with Crippen LogP contribution >= 0.6 is 0 Å². The summed E-state index contributed by atoms with van der Waals surface area (Å²) in [6.45, 7) is 12.4. The summed E-state index contributed by atoms with van der Waals surface area (Å²) in [5, 5.41) is 10.6. The number of anilines is 1. The van der Waals surface area contributed by atoms with Gasteiger partial charge in [-0.15, -0.1) is 0 Å². The van der Waals surface area contributed by atoms with Crippen molar-refractivity contribution in [2.45, 2.75) is 83.2 Å². The van der Waals surface area contributed by atoms with Crippen LogP contribution in [0.5, 0.6) is 0 Å². The summed E-state index contributed by atoms with van der Waals surface area (Å²) in [5.74, 6) is -2.49. The van der Waals surface area contributed by atoms with E-state index in [1.165, 1.54) is 0 Å². The van der Waals surface area contributed by atoms with Gasteiger partial charge in [0.1, 0.15) is 11.6 Å². The van der Waals surface area contributed by atoms with E-state index < -0.39 is 40.7 Å². The topological polar surface area (TPSA) is 90.4 Å². The second kappa shape index (κ2) is 10.1. The van der Waals surface area contributed by atoms with Crippen molar-refractivity contribution in [1.82, 2.24) is 9.80 Å². The molecule has 8 heteroatoms. The van der Waals surface area contributed by atoms with Crippen molar-refractivity contribution < 1.29 is 24.2 Å². The lowest BCUT2D eigenvalue weighted by molar-refractivity contribution is -0.159. The van der Waals surface area contributed by atoms with Gasteiger partial charge >= 0.3 is 0 Å². The first kappa shape index (κ1) is 28.6. The Morgan fingerprint density at radius 1 is 0.975 bits per heavy atom. The maximum absolute atomic E-state index is 14.7. The molecule has 5 rings (SSSR count). The maximum Gasteiger partial charge on any atom is 0.249 e. The minimum absolute atomic E-state index is 0.0607. The number of nitrogens with zero attached hydrogens (tertiary/aromatic N) is 3. The van der Waals surface area contributed by atoms with E-state index in [1.807, 2.05) is 96.2 Å². The summed E-state index contributed by atoms with van der Waals surface area (Å²) < 4.78 is 7.06. The van der Waals surface area contributed by atoms with Crippen molar-refractivity contribution in [3.8, 4) is 0 Å². The molecule has 4 heterocycles. The summed E-state index contributed by atoms with van der Waals surface area (Å²) >= 11 is 0. The molecule has 1 unspecified atom stereocenters. The normalized spacial score (nSPS) is 33.4. The number of ether oxygens (including phenoxy) is 1. The van der Waals surface area contributed by atoms with E-state index >= 15 is 0 Å². The summed E-state index contributed by atoms with van der Waals surface area (Å²) in [6, 6.07) is 7.90. The monoisotopic (exact) mass is 549 g/mol. The van der Waals surface area contributed by atoms with Crippen molar-refractivity contribution >= 4 is 23.4 Å². The third kappa shape index (κ3) is 4.05. The van der Waals surface area contributed by atoms with Crippen LogP contribution in [-0.2, 0) is 19.1 Å². The number of aliphatic hydroxyl groups is 1. The van der Waals surface area contributed by atoms with Crippen molar-refractivity contribution in [2.75, 3.05) is 24.6 Å². The van der Waals surface area contributed by atoms with Gasteiger partial charge in [-0.05, 0) is 45.2 Å². The molecule has 4 aliphatic rings. The first-order chi connectivity index (χ1) is 19.0. The number of likely N-dealkylation sites (tertiary alicyclic amines) is 1. The lowest BCUT2D eigenvalue weighted by Gasteiger charge is -2.44. The van der Waals surface area contributed by atoms with Crippen LogP contribution in [0, 0.1) is 17.8 Å². The van der Waals surface area contributed by atoms with Crippen LogP contribution in [0.25, 0.3) is 0 Å². The Balaban J connectivity index is 1.72. The molecule has 1 spiro atoms. The zero-order valence-electron chi connectivity index (χ0n) is 24.5. The fourth-order valence-corrected chi connectivity index (χ4v) is 7.31. The Hall–Kier alpha value is -2.97. The molecule has 1 aromatic rings. The van der Waals surface area contributed by atoms with E-state index in [0.717, 1.165) is 12.1 Å². The zero-order valence-corrected chi connectivity index (χ0v) is 24.5. The Bertz CT molecular complexity index is 1220. The van der Waals surface area contributed by atoms with Gasteiger partial charge < -0.3 is 24.5 Å². The third-order valence-electron chi connectivity index (χ3n) is 9.60. The van der Waals surface area contributed by atoms with Crippen LogP contribution in [0.3, 0.4) is 0 Å². The molecule has 3 amide bonds. The summed E-state index contributed by atoms with van der Waals surface area (Å²) in [4.78, 5) is 48.9. The summed E-state index contributed by atoms with van der Waals surface area (Å²) in [6.07, 6.45) is 8.89. The lowest BCUT2D eigenvalue weighted by Crippen LogP contribution is -2.62. The molecule has 0 aliphatic carbocycles. The van der Waals surface area contributed by atoms with Crippen LogP contribution in [0.15, 0.2) is 54.6 Å². The number of rotatable bonds is 6. The minimum Gasteiger partial charge on any atom is -0.394 e. The molecule has 216 valence electrons. The predicted octanol–water partition coefficient (Wildman–Crippen LogP) is 3.55. The quantitative estimate of drug-likeness (QED) is 0.548. The number of amides is 3. The standard InChI is InChI=1S/C32H43N3O5/c1-7-21(3)23(20-36)35-26-29(39)34(30(4,5)6)19-13-17-32(26)25(28(35)38)24-27(37)33(22-14-10-9-11-15-22)18-12-16-31(24,8-2)40-32/h9-17,21,23-26,36H,7-8,18-20H2,1-6H3/t21-,23-,24-,25-,26?,31+,32-/m0/s1. The molecule has 0 aromatic heterocycles. The molecule has 2 saturated heterocycles. The van der Waals surface area contributed by atoms with E-state index in [2.05, 4.69) is 0 Å². The summed E-state index contributed by atoms with van der Waals surface area (Å²) in [7, 11) is 0. The molecule has 0 saturated carbocycles. The van der Waals surface area contributed by atoms with Gasteiger partial charge in [-0.3, -0.25) is 14.4 Å². The van der Waals surface area contributed by atoms with E-state index in [4.69, 9.17) is 4.74 Å². The number of carbonyl (C=O) groups excluding carboxylic acids is 3. The van der Waals surface area contributed by atoms with E-state index in [-0.39, 0.29) is 30.2 Å². The SMILES string of the molecule is CC[C@H](C)[C@H](CO)N1C(=O)[C@@H]2[C@H]3C(=O)N(c4ccccc4)CC=C[C@@]3(CC)O[C@@]23C=CCN(C(C)(C)C)C(=O)C13.